The first-order valence-corrected chi connectivity index (χ1v) is 11.7. The van der Waals surface area contributed by atoms with Gasteiger partial charge in [-0.15, -0.1) is 0 Å². The van der Waals surface area contributed by atoms with Crippen molar-refractivity contribution < 1.29 is 9.53 Å². The number of nitrogens with zero attached hydrogens (tertiary/aromatic N) is 4. The SMILES string of the molecule is Cc1nc(N2CCOCC2)sc1C(=O)N/N=C\c1cc(C)n(C2CCCCC2)c1C. The molecule has 1 saturated heterocycles. The molecule has 1 aliphatic heterocycles. The topological polar surface area (TPSA) is 71.8 Å². The zero-order valence-electron chi connectivity index (χ0n) is 18.1. The minimum absolute atomic E-state index is 0.207. The van der Waals surface area contributed by atoms with Crippen molar-refractivity contribution in [2.75, 3.05) is 31.2 Å². The molecular weight excluding hydrogens is 398 g/mol. The van der Waals surface area contributed by atoms with Crippen LogP contribution >= 0.6 is 11.3 Å². The van der Waals surface area contributed by atoms with Gasteiger partial charge in [-0.2, -0.15) is 5.10 Å². The number of thiazole rings is 1. The normalized spacial score (nSPS) is 18.3. The number of anilines is 1. The summed E-state index contributed by atoms with van der Waals surface area (Å²) in [5.74, 6) is -0.207. The van der Waals surface area contributed by atoms with Gasteiger partial charge in [-0.3, -0.25) is 4.79 Å². The van der Waals surface area contributed by atoms with Gasteiger partial charge in [0.15, 0.2) is 5.13 Å². The van der Waals surface area contributed by atoms with Crippen LogP contribution in [0.3, 0.4) is 0 Å². The second kappa shape index (κ2) is 9.31. The van der Waals surface area contributed by atoms with E-state index in [1.54, 1.807) is 6.21 Å². The van der Waals surface area contributed by atoms with Crippen molar-refractivity contribution in [1.82, 2.24) is 15.0 Å². The molecule has 2 aromatic heterocycles. The van der Waals surface area contributed by atoms with Crippen molar-refractivity contribution in [2.24, 2.45) is 5.10 Å². The molecule has 2 aromatic rings. The molecule has 30 heavy (non-hydrogen) atoms. The average Bonchev–Trinajstić information content (AvgIpc) is 3.28. The fraction of sp³-hybridized carbons (Fsp3) is 0.591. The lowest BCUT2D eigenvalue weighted by Gasteiger charge is -2.26. The summed E-state index contributed by atoms with van der Waals surface area (Å²) in [7, 11) is 0. The Morgan fingerprint density at radius 2 is 1.97 bits per heavy atom. The van der Waals surface area contributed by atoms with E-state index in [1.165, 1.54) is 54.8 Å². The summed E-state index contributed by atoms with van der Waals surface area (Å²) in [6.45, 7) is 9.19. The van der Waals surface area contributed by atoms with E-state index in [0.717, 1.165) is 29.5 Å². The number of hydrogen-bond acceptors (Lipinski definition) is 6. The molecule has 4 rings (SSSR count). The van der Waals surface area contributed by atoms with E-state index < -0.39 is 0 Å². The third-order valence-corrected chi connectivity index (χ3v) is 7.32. The summed E-state index contributed by atoms with van der Waals surface area (Å²) in [6.07, 6.45) is 8.22. The summed E-state index contributed by atoms with van der Waals surface area (Å²) in [4.78, 5) is 20.0. The molecule has 2 aliphatic rings. The van der Waals surface area contributed by atoms with Crippen molar-refractivity contribution in [3.05, 3.63) is 33.6 Å². The number of aryl methyl sites for hydroxylation is 2. The van der Waals surface area contributed by atoms with Gasteiger partial charge >= 0.3 is 0 Å². The number of rotatable bonds is 5. The lowest BCUT2D eigenvalue weighted by atomic mass is 9.95. The van der Waals surface area contributed by atoms with Crippen LogP contribution in [-0.2, 0) is 4.74 Å². The highest BCUT2D eigenvalue weighted by Gasteiger charge is 2.21. The molecule has 0 radical (unpaired) electrons. The average molecular weight is 430 g/mol. The van der Waals surface area contributed by atoms with E-state index in [4.69, 9.17) is 4.74 Å². The summed E-state index contributed by atoms with van der Waals surface area (Å²) >= 11 is 1.42. The fourth-order valence-electron chi connectivity index (χ4n) is 4.53. The third-order valence-electron chi connectivity index (χ3n) is 6.11. The van der Waals surface area contributed by atoms with Crippen LogP contribution in [0.2, 0.25) is 0 Å². The van der Waals surface area contributed by atoms with Gasteiger partial charge in [-0.25, -0.2) is 10.4 Å². The zero-order chi connectivity index (χ0) is 21.1. The molecule has 1 saturated carbocycles. The number of carbonyl (C=O) groups is 1. The summed E-state index contributed by atoms with van der Waals surface area (Å²) in [5.41, 5.74) is 6.98. The Kier molecular flexibility index (Phi) is 6.53. The van der Waals surface area contributed by atoms with E-state index in [9.17, 15) is 4.79 Å². The highest BCUT2D eigenvalue weighted by atomic mass is 32.1. The molecule has 162 valence electrons. The Morgan fingerprint density at radius 1 is 1.23 bits per heavy atom. The molecule has 2 fully saturated rings. The molecule has 0 spiro atoms. The first-order valence-electron chi connectivity index (χ1n) is 10.9. The van der Waals surface area contributed by atoms with E-state index in [-0.39, 0.29) is 5.91 Å². The van der Waals surface area contributed by atoms with Crippen molar-refractivity contribution in [3.8, 4) is 0 Å². The lowest BCUT2D eigenvalue weighted by Crippen LogP contribution is -2.36. The van der Waals surface area contributed by atoms with E-state index in [2.05, 4.69) is 44.9 Å². The summed E-state index contributed by atoms with van der Waals surface area (Å²) in [5, 5.41) is 5.12. The first kappa shape index (κ1) is 21.1. The molecule has 0 unspecified atom stereocenters. The Labute approximate surface area is 182 Å². The van der Waals surface area contributed by atoms with E-state index >= 15 is 0 Å². The molecule has 1 amide bonds. The number of aromatic nitrogens is 2. The molecule has 0 atom stereocenters. The lowest BCUT2D eigenvalue weighted by molar-refractivity contribution is 0.0958. The zero-order valence-corrected chi connectivity index (χ0v) is 18.9. The summed E-state index contributed by atoms with van der Waals surface area (Å²) in [6, 6.07) is 2.75. The van der Waals surface area contributed by atoms with E-state index in [1.807, 2.05) is 6.92 Å². The van der Waals surface area contributed by atoms with Gasteiger partial charge in [-0.05, 0) is 39.7 Å². The monoisotopic (exact) mass is 429 g/mol. The Balaban J connectivity index is 1.42. The van der Waals surface area contributed by atoms with Gasteiger partial charge < -0.3 is 14.2 Å². The van der Waals surface area contributed by atoms with Crippen LogP contribution in [0.1, 0.15) is 70.5 Å². The van der Waals surface area contributed by atoms with Crippen LogP contribution in [0.5, 0.6) is 0 Å². The number of hydrazone groups is 1. The van der Waals surface area contributed by atoms with Crippen LogP contribution in [0.15, 0.2) is 11.2 Å². The Bertz CT molecular complexity index is 920. The number of carbonyl (C=O) groups excluding carboxylic acids is 1. The van der Waals surface area contributed by atoms with Crippen molar-refractivity contribution >= 4 is 28.6 Å². The minimum Gasteiger partial charge on any atom is -0.378 e. The first-order chi connectivity index (χ1) is 14.5. The van der Waals surface area contributed by atoms with Crippen LogP contribution < -0.4 is 10.3 Å². The maximum absolute atomic E-state index is 12.7. The largest absolute Gasteiger partial charge is 0.378 e. The Morgan fingerprint density at radius 3 is 2.70 bits per heavy atom. The molecular formula is C22H31N5O2S. The number of amides is 1. The molecule has 0 aromatic carbocycles. The Hall–Kier alpha value is -2.19. The second-order valence-electron chi connectivity index (χ2n) is 8.20. The second-order valence-corrected chi connectivity index (χ2v) is 9.18. The molecule has 8 heteroatoms. The van der Waals surface area contributed by atoms with E-state index in [0.29, 0.717) is 24.1 Å². The fourth-order valence-corrected chi connectivity index (χ4v) is 5.54. The highest BCUT2D eigenvalue weighted by Crippen LogP contribution is 2.32. The van der Waals surface area contributed by atoms with Crippen LogP contribution in [0.4, 0.5) is 5.13 Å². The maximum Gasteiger partial charge on any atom is 0.283 e. The minimum atomic E-state index is -0.207. The third kappa shape index (κ3) is 4.44. The number of hydrogen-bond donors (Lipinski definition) is 1. The number of ether oxygens (including phenoxy) is 1. The maximum atomic E-state index is 12.7. The number of nitrogens with one attached hydrogen (secondary N) is 1. The van der Waals surface area contributed by atoms with Crippen molar-refractivity contribution in [3.63, 3.8) is 0 Å². The standard InChI is InChI=1S/C22H31N5O2S/c1-15-13-18(17(3)27(15)19-7-5-4-6-8-19)14-23-25-21(28)20-16(2)24-22(30-20)26-9-11-29-12-10-26/h13-14,19H,4-12H2,1-3H3,(H,25,28)/b23-14-. The van der Waals surface area contributed by atoms with Gasteiger partial charge in [0.2, 0.25) is 0 Å². The van der Waals surface area contributed by atoms with Gasteiger partial charge in [0.05, 0.1) is 25.1 Å². The van der Waals surface area contributed by atoms with Crippen molar-refractivity contribution in [2.45, 2.75) is 58.9 Å². The summed E-state index contributed by atoms with van der Waals surface area (Å²) < 4.78 is 7.84. The molecule has 7 nitrogen and oxygen atoms in total. The predicted molar refractivity (Wildman–Crippen MR) is 121 cm³/mol. The van der Waals surface area contributed by atoms with Gasteiger partial charge in [0.25, 0.3) is 5.91 Å². The molecule has 3 heterocycles. The molecule has 1 aliphatic carbocycles. The predicted octanol–water partition coefficient (Wildman–Crippen LogP) is 3.98. The number of morpholine rings is 1. The van der Waals surface area contributed by atoms with Gasteiger partial charge in [0.1, 0.15) is 4.88 Å². The quantitative estimate of drug-likeness (QED) is 0.577. The highest BCUT2D eigenvalue weighted by molar-refractivity contribution is 7.17. The van der Waals surface area contributed by atoms with Gasteiger partial charge in [-0.1, -0.05) is 30.6 Å². The van der Waals surface area contributed by atoms with Crippen LogP contribution in [0.25, 0.3) is 0 Å². The van der Waals surface area contributed by atoms with Crippen molar-refractivity contribution in [1.29, 1.82) is 0 Å². The smallest absolute Gasteiger partial charge is 0.283 e. The van der Waals surface area contributed by atoms with Gasteiger partial charge in [0, 0.05) is 36.1 Å². The van der Waals surface area contributed by atoms with Crippen LogP contribution in [-0.4, -0.2) is 48.0 Å². The molecule has 1 N–H and O–H groups in total. The van der Waals surface area contributed by atoms with Crippen LogP contribution in [0, 0.1) is 20.8 Å². The molecule has 0 bridgehead atoms.